The monoisotopic (exact) mass is 445 g/mol. The molecule has 0 radical (unpaired) electrons. The Labute approximate surface area is 192 Å². The molecule has 32 heavy (non-hydrogen) atoms. The predicted molar refractivity (Wildman–Crippen MR) is 123 cm³/mol. The number of hydrogen-bond acceptors (Lipinski definition) is 5. The summed E-state index contributed by atoms with van der Waals surface area (Å²) in [6, 6.07) is 5.89. The highest BCUT2D eigenvalue weighted by molar-refractivity contribution is 5.76. The molecule has 2 aliphatic rings. The zero-order valence-electron chi connectivity index (χ0n) is 19.4. The fraction of sp³-hybridized carbons (Fsp3) is 0.720. The summed E-state index contributed by atoms with van der Waals surface area (Å²) in [5.74, 6) is 0.326. The van der Waals surface area contributed by atoms with Crippen LogP contribution in [-0.4, -0.2) is 66.1 Å². The molecule has 0 saturated carbocycles. The molecule has 2 amide bonds. The van der Waals surface area contributed by atoms with Gasteiger partial charge in [0, 0.05) is 25.9 Å². The lowest BCUT2D eigenvalue weighted by molar-refractivity contribution is -0.133. The Morgan fingerprint density at radius 1 is 0.625 bits per heavy atom. The van der Waals surface area contributed by atoms with Gasteiger partial charge in [-0.15, -0.1) is 0 Å². The smallest absolute Gasteiger partial charge is 0.222 e. The van der Waals surface area contributed by atoms with Crippen molar-refractivity contribution in [3.05, 3.63) is 29.6 Å². The zero-order chi connectivity index (χ0) is 22.4. The van der Waals surface area contributed by atoms with Crippen LogP contribution in [0.25, 0.3) is 0 Å². The summed E-state index contributed by atoms with van der Waals surface area (Å²) in [5.41, 5.74) is 1.71. The third-order valence-electron chi connectivity index (χ3n) is 6.19. The van der Waals surface area contributed by atoms with Gasteiger partial charge in [0.05, 0.1) is 50.9 Å². The summed E-state index contributed by atoms with van der Waals surface area (Å²) in [5, 5.41) is 0. The first kappa shape index (κ1) is 24.6. The lowest BCUT2D eigenvalue weighted by atomic mass is 10.1. The van der Waals surface area contributed by atoms with Crippen LogP contribution in [0.15, 0.2) is 18.2 Å². The van der Waals surface area contributed by atoms with Crippen molar-refractivity contribution >= 4 is 11.8 Å². The van der Waals surface area contributed by atoms with Crippen LogP contribution < -0.4 is 0 Å². The number of ether oxygens (including phenoxy) is 2. The molecule has 1 aromatic heterocycles. The van der Waals surface area contributed by atoms with Crippen LogP contribution in [0.2, 0.25) is 0 Å². The largest absolute Gasteiger partial charge is 0.377 e. The molecule has 0 atom stereocenters. The summed E-state index contributed by atoms with van der Waals surface area (Å²) in [6.45, 7) is 3.99. The second kappa shape index (κ2) is 14.2. The van der Waals surface area contributed by atoms with Crippen molar-refractivity contribution in [2.75, 3.05) is 39.5 Å². The number of rotatable bonds is 0. The summed E-state index contributed by atoms with van der Waals surface area (Å²) < 4.78 is 11.4. The molecule has 0 aromatic carbocycles. The Bertz CT molecular complexity index is 657. The maximum absolute atomic E-state index is 12.9. The van der Waals surface area contributed by atoms with E-state index in [2.05, 4.69) is 0 Å². The van der Waals surface area contributed by atoms with Crippen LogP contribution in [0, 0.1) is 0 Å². The molecule has 0 N–H and O–H groups in total. The molecule has 0 fully saturated rings. The number of carbonyl (C=O) groups excluding carboxylic acids is 2. The van der Waals surface area contributed by atoms with Crippen LogP contribution >= 0.6 is 0 Å². The molecule has 0 aliphatic carbocycles. The number of fused-ring (bicyclic) bond motifs is 2. The molecule has 0 unspecified atom stereocenters. The van der Waals surface area contributed by atoms with Crippen LogP contribution in [0.3, 0.4) is 0 Å². The van der Waals surface area contributed by atoms with Gasteiger partial charge < -0.3 is 19.3 Å². The van der Waals surface area contributed by atoms with Gasteiger partial charge in [0.15, 0.2) is 0 Å². The standard InChI is InChI=1S/C25H39N3O4/c29-24-12-7-5-3-1-2-4-6-8-13-25(30)28-15-17-32-19-18-31-16-14-27(24)20-22-10-9-11-23(21-28)26-22/h9-11H,1-8,12-21H2. The summed E-state index contributed by atoms with van der Waals surface area (Å²) in [6.07, 6.45) is 9.96. The van der Waals surface area contributed by atoms with Crippen molar-refractivity contribution in [3.63, 3.8) is 0 Å². The number of pyridine rings is 1. The van der Waals surface area contributed by atoms with E-state index in [0.717, 1.165) is 37.1 Å². The average Bonchev–Trinajstić information content (AvgIpc) is 2.79. The second-order valence-electron chi connectivity index (χ2n) is 8.80. The van der Waals surface area contributed by atoms with Gasteiger partial charge in [-0.3, -0.25) is 14.6 Å². The van der Waals surface area contributed by atoms with Crippen molar-refractivity contribution in [1.82, 2.24) is 14.8 Å². The van der Waals surface area contributed by atoms with E-state index < -0.39 is 0 Å². The van der Waals surface area contributed by atoms with Crippen LogP contribution in [-0.2, 0) is 32.2 Å². The molecule has 0 saturated heterocycles. The molecule has 0 spiro atoms. The van der Waals surface area contributed by atoms with Gasteiger partial charge in [-0.25, -0.2) is 0 Å². The third kappa shape index (κ3) is 8.87. The SMILES string of the molecule is O=C1CCCCCCCCCCC(=O)N2CCOCCOCCN1Cc1cccc(n1)C2. The Morgan fingerprint density at radius 2 is 1.06 bits per heavy atom. The van der Waals surface area contributed by atoms with E-state index in [1.165, 1.54) is 25.7 Å². The van der Waals surface area contributed by atoms with E-state index >= 15 is 0 Å². The van der Waals surface area contributed by atoms with Gasteiger partial charge in [0.25, 0.3) is 0 Å². The lowest BCUT2D eigenvalue weighted by Crippen LogP contribution is -2.34. The van der Waals surface area contributed by atoms with Gasteiger partial charge >= 0.3 is 0 Å². The Morgan fingerprint density at radius 3 is 1.53 bits per heavy atom. The quantitative estimate of drug-likeness (QED) is 0.609. The minimum atomic E-state index is 0.163. The zero-order valence-corrected chi connectivity index (χ0v) is 19.4. The molecule has 3 rings (SSSR count). The molecular formula is C25H39N3O4. The van der Waals surface area contributed by atoms with E-state index in [1.54, 1.807) is 0 Å². The van der Waals surface area contributed by atoms with Gasteiger partial charge in [-0.1, -0.05) is 44.6 Å². The first-order chi connectivity index (χ1) is 15.7. The Hall–Kier alpha value is -1.99. The highest BCUT2D eigenvalue weighted by atomic mass is 16.5. The number of aromatic nitrogens is 1. The topological polar surface area (TPSA) is 72.0 Å². The van der Waals surface area contributed by atoms with E-state index in [-0.39, 0.29) is 11.8 Å². The minimum Gasteiger partial charge on any atom is -0.377 e. The van der Waals surface area contributed by atoms with Gasteiger partial charge in [-0.2, -0.15) is 0 Å². The molecule has 7 heteroatoms. The maximum atomic E-state index is 12.9. The minimum absolute atomic E-state index is 0.163. The number of amides is 2. The van der Waals surface area contributed by atoms with Crippen LogP contribution in [0.1, 0.15) is 75.6 Å². The van der Waals surface area contributed by atoms with Crippen molar-refractivity contribution in [2.45, 2.75) is 77.3 Å². The van der Waals surface area contributed by atoms with Crippen LogP contribution in [0.4, 0.5) is 0 Å². The van der Waals surface area contributed by atoms with Crippen molar-refractivity contribution in [1.29, 1.82) is 0 Å². The fourth-order valence-electron chi connectivity index (χ4n) is 4.28. The highest BCUT2D eigenvalue weighted by Crippen LogP contribution is 2.15. The van der Waals surface area contributed by atoms with Crippen molar-refractivity contribution in [2.24, 2.45) is 0 Å². The molecule has 1 aromatic rings. The van der Waals surface area contributed by atoms with E-state index in [1.807, 2.05) is 28.0 Å². The van der Waals surface area contributed by atoms with E-state index in [0.29, 0.717) is 65.4 Å². The normalized spacial score (nSPS) is 21.8. The number of carbonyl (C=O) groups is 2. The van der Waals surface area contributed by atoms with Crippen molar-refractivity contribution in [3.8, 4) is 0 Å². The lowest BCUT2D eigenvalue weighted by Gasteiger charge is -2.24. The highest BCUT2D eigenvalue weighted by Gasteiger charge is 2.18. The molecule has 4 bridgehead atoms. The van der Waals surface area contributed by atoms with E-state index in [4.69, 9.17) is 14.5 Å². The van der Waals surface area contributed by atoms with E-state index in [9.17, 15) is 9.59 Å². The predicted octanol–water partition coefficient (Wildman–Crippen LogP) is 3.70. The maximum Gasteiger partial charge on any atom is 0.222 e. The van der Waals surface area contributed by atoms with Crippen LogP contribution in [0.5, 0.6) is 0 Å². The van der Waals surface area contributed by atoms with Crippen molar-refractivity contribution < 1.29 is 19.1 Å². The summed E-state index contributed by atoms with van der Waals surface area (Å²) >= 11 is 0. The van der Waals surface area contributed by atoms with Gasteiger partial charge in [-0.05, 0) is 25.0 Å². The Kier molecular flexibility index (Phi) is 11.0. The molecule has 3 heterocycles. The molecule has 2 aliphatic heterocycles. The third-order valence-corrected chi connectivity index (χ3v) is 6.19. The molecular weight excluding hydrogens is 406 g/mol. The van der Waals surface area contributed by atoms with Gasteiger partial charge in [0.1, 0.15) is 0 Å². The molecule has 178 valence electrons. The fourth-order valence-corrected chi connectivity index (χ4v) is 4.28. The Balaban J connectivity index is 1.79. The average molecular weight is 446 g/mol. The second-order valence-corrected chi connectivity index (χ2v) is 8.80. The molecule has 7 nitrogen and oxygen atoms in total. The number of hydrogen-bond donors (Lipinski definition) is 0. The first-order valence-electron chi connectivity index (χ1n) is 12.4. The summed E-state index contributed by atoms with van der Waals surface area (Å²) in [7, 11) is 0. The number of nitrogens with zero attached hydrogens (tertiary/aromatic N) is 3. The first-order valence-corrected chi connectivity index (χ1v) is 12.4. The summed E-state index contributed by atoms with van der Waals surface area (Å²) in [4.78, 5) is 34.4. The van der Waals surface area contributed by atoms with Gasteiger partial charge in [0.2, 0.25) is 11.8 Å².